The van der Waals surface area contributed by atoms with Crippen LogP contribution in [0.1, 0.15) is 21.5 Å². The lowest BCUT2D eigenvalue weighted by atomic mass is 10.1. The van der Waals surface area contributed by atoms with Crippen LogP contribution >= 0.6 is 0 Å². The van der Waals surface area contributed by atoms with Crippen molar-refractivity contribution < 1.29 is 28.0 Å². The summed E-state index contributed by atoms with van der Waals surface area (Å²) in [5.41, 5.74) is 0.622. The van der Waals surface area contributed by atoms with E-state index >= 15 is 0 Å². The van der Waals surface area contributed by atoms with Gasteiger partial charge in [0, 0.05) is 35.2 Å². The summed E-state index contributed by atoms with van der Waals surface area (Å²) >= 11 is 0. The molecular formula is C27H17NO9. The molecule has 0 atom stereocenters. The Morgan fingerprint density at radius 1 is 0.865 bits per heavy atom. The smallest absolute Gasteiger partial charge is 0.343 e. The second-order valence-electron chi connectivity index (χ2n) is 8.24. The van der Waals surface area contributed by atoms with Crippen LogP contribution in [0.4, 0.5) is 5.69 Å². The molecule has 2 aromatic heterocycles. The van der Waals surface area contributed by atoms with Crippen molar-refractivity contribution in [3.63, 3.8) is 0 Å². The van der Waals surface area contributed by atoms with E-state index in [1.54, 1.807) is 19.1 Å². The molecule has 0 saturated carbocycles. The van der Waals surface area contributed by atoms with Crippen molar-refractivity contribution in [2.24, 2.45) is 0 Å². The second-order valence-corrected chi connectivity index (χ2v) is 8.24. The first-order chi connectivity index (χ1) is 17.7. The third-order valence-corrected chi connectivity index (χ3v) is 5.70. The van der Waals surface area contributed by atoms with Crippen LogP contribution in [0.15, 0.2) is 85.4 Å². The van der Waals surface area contributed by atoms with E-state index < -0.39 is 21.9 Å². The van der Waals surface area contributed by atoms with Crippen LogP contribution in [-0.4, -0.2) is 10.9 Å². The van der Waals surface area contributed by atoms with E-state index in [1.165, 1.54) is 55.5 Å². The Morgan fingerprint density at radius 2 is 1.59 bits per heavy atom. The van der Waals surface area contributed by atoms with Crippen LogP contribution in [0.3, 0.4) is 0 Å². The van der Waals surface area contributed by atoms with Gasteiger partial charge in [-0.1, -0.05) is 0 Å². The molecule has 0 N–H and O–H groups in total. The minimum absolute atomic E-state index is 0.0899. The van der Waals surface area contributed by atoms with E-state index in [2.05, 4.69) is 0 Å². The predicted octanol–water partition coefficient (Wildman–Crippen LogP) is 5.44. The van der Waals surface area contributed by atoms with Crippen LogP contribution < -0.4 is 20.5 Å². The van der Waals surface area contributed by atoms with Crippen molar-refractivity contribution in [3.05, 3.63) is 114 Å². The van der Waals surface area contributed by atoms with Crippen molar-refractivity contribution in [1.82, 2.24) is 0 Å². The number of fused-ring (bicyclic) bond motifs is 2. The van der Waals surface area contributed by atoms with Gasteiger partial charge in [-0.2, -0.15) is 0 Å². The number of ether oxygens (including phenoxy) is 2. The zero-order valence-electron chi connectivity index (χ0n) is 19.5. The van der Waals surface area contributed by atoms with E-state index in [0.717, 1.165) is 17.2 Å². The number of nitro benzene ring substituents is 1. The van der Waals surface area contributed by atoms with Crippen molar-refractivity contribution >= 4 is 33.6 Å². The number of nitro groups is 1. The van der Waals surface area contributed by atoms with Gasteiger partial charge in [-0.05, 0) is 55.8 Å². The van der Waals surface area contributed by atoms with Gasteiger partial charge in [-0.15, -0.1) is 0 Å². The number of aryl methyl sites for hydroxylation is 2. The molecule has 0 aliphatic carbocycles. The molecule has 0 unspecified atom stereocenters. The monoisotopic (exact) mass is 499 g/mol. The first kappa shape index (κ1) is 23.5. The summed E-state index contributed by atoms with van der Waals surface area (Å²) in [5.74, 6) is -0.423. The van der Waals surface area contributed by atoms with Crippen LogP contribution in [0.5, 0.6) is 17.2 Å². The van der Waals surface area contributed by atoms with E-state index in [1.807, 2.05) is 0 Å². The third kappa shape index (κ3) is 4.55. The number of rotatable bonds is 5. The second kappa shape index (κ2) is 9.08. The average Bonchev–Trinajstić information content (AvgIpc) is 2.85. The minimum atomic E-state index is -0.724. The topological polar surface area (TPSA) is 139 Å². The summed E-state index contributed by atoms with van der Waals surface area (Å²) in [6, 6.07) is 14.4. The van der Waals surface area contributed by atoms with E-state index in [0.29, 0.717) is 11.1 Å². The van der Waals surface area contributed by atoms with Gasteiger partial charge in [0.15, 0.2) is 0 Å². The van der Waals surface area contributed by atoms with E-state index in [4.69, 9.17) is 18.3 Å². The van der Waals surface area contributed by atoms with Gasteiger partial charge in [-0.25, -0.2) is 9.59 Å². The molecule has 2 heterocycles. The molecule has 184 valence electrons. The summed E-state index contributed by atoms with van der Waals surface area (Å²) in [6.07, 6.45) is 1.13. The van der Waals surface area contributed by atoms with Gasteiger partial charge in [0.05, 0.1) is 15.9 Å². The minimum Gasteiger partial charge on any atom is -0.460 e. The van der Waals surface area contributed by atoms with Crippen molar-refractivity contribution in [2.45, 2.75) is 13.8 Å². The Balaban J connectivity index is 1.39. The molecule has 0 aliphatic rings. The number of benzene rings is 3. The number of hydrogen-bond donors (Lipinski definition) is 0. The standard InChI is InChI=1S/C27H17NO9/c1-14-10-25(29)37-23-12-17(4-6-19(14)23)35-24-13-34-22-11-18(5-7-20(22)26(24)30)36-27(31)16-3-8-21(28(32)33)15(2)9-16/h3-13H,1-2H3. The van der Waals surface area contributed by atoms with E-state index in [9.17, 15) is 24.5 Å². The zero-order valence-corrected chi connectivity index (χ0v) is 19.5. The molecule has 37 heavy (non-hydrogen) atoms. The van der Waals surface area contributed by atoms with Gasteiger partial charge < -0.3 is 18.3 Å². The molecule has 0 saturated heterocycles. The predicted molar refractivity (Wildman–Crippen MR) is 133 cm³/mol. The molecular weight excluding hydrogens is 482 g/mol. The molecule has 0 radical (unpaired) electrons. The van der Waals surface area contributed by atoms with Gasteiger partial charge in [-0.3, -0.25) is 14.9 Å². The SMILES string of the molecule is Cc1cc(C(=O)Oc2ccc3c(=O)c(Oc4ccc5c(C)cc(=O)oc5c4)coc3c2)ccc1[N+](=O)[O-]. The number of nitrogens with zero attached hydrogens (tertiary/aromatic N) is 1. The van der Waals surface area contributed by atoms with Crippen molar-refractivity contribution in [2.75, 3.05) is 0 Å². The van der Waals surface area contributed by atoms with Crippen LogP contribution in [0, 0.1) is 24.0 Å². The molecule has 0 fully saturated rings. The summed E-state index contributed by atoms with van der Waals surface area (Å²) in [7, 11) is 0. The Labute approximate surface area is 207 Å². The Morgan fingerprint density at radius 3 is 2.35 bits per heavy atom. The molecule has 10 nitrogen and oxygen atoms in total. The fourth-order valence-corrected chi connectivity index (χ4v) is 3.87. The first-order valence-electron chi connectivity index (χ1n) is 10.9. The lowest BCUT2D eigenvalue weighted by Crippen LogP contribution is -2.10. The summed E-state index contributed by atoms with van der Waals surface area (Å²) in [5, 5.41) is 11.9. The molecule has 0 spiro atoms. The molecule has 10 heteroatoms. The Hall–Kier alpha value is -5.25. The largest absolute Gasteiger partial charge is 0.460 e. The number of esters is 1. The quantitative estimate of drug-likeness (QED) is 0.102. The molecule has 0 bridgehead atoms. The Kier molecular flexibility index (Phi) is 5.76. The highest BCUT2D eigenvalue weighted by Gasteiger charge is 2.17. The lowest BCUT2D eigenvalue weighted by molar-refractivity contribution is -0.385. The van der Waals surface area contributed by atoms with Crippen LogP contribution in [0.25, 0.3) is 21.9 Å². The highest BCUT2D eigenvalue weighted by Crippen LogP contribution is 2.28. The van der Waals surface area contributed by atoms with Gasteiger partial charge >= 0.3 is 11.6 Å². The maximum Gasteiger partial charge on any atom is 0.343 e. The number of hydrogen-bond acceptors (Lipinski definition) is 9. The third-order valence-electron chi connectivity index (χ3n) is 5.70. The maximum absolute atomic E-state index is 13.0. The number of carbonyl (C=O) groups excluding carboxylic acids is 1. The fraction of sp³-hybridized carbons (Fsp3) is 0.0741. The van der Waals surface area contributed by atoms with Crippen LogP contribution in [-0.2, 0) is 0 Å². The normalized spacial score (nSPS) is 11.0. The molecule has 3 aromatic carbocycles. The molecule has 0 amide bonds. The van der Waals surface area contributed by atoms with Crippen molar-refractivity contribution in [3.8, 4) is 17.2 Å². The molecule has 5 rings (SSSR count). The first-order valence-corrected chi connectivity index (χ1v) is 10.9. The van der Waals surface area contributed by atoms with Gasteiger partial charge in [0.1, 0.15) is 28.9 Å². The molecule has 0 aliphatic heterocycles. The van der Waals surface area contributed by atoms with Gasteiger partial charge in [0.2, 0.25) is 11.2 Å². The lowest BCUT2D eigenvalue weighted by Gasteiger charge is -2.08. The van der Waals surface area contributed by atoms with Crippen LogP contribution in [0.2, 0.25) is 0 Å². The summed E-state index contributed by atoms with van der Waals surface area (Å²) in [4.78, 5) is 47.6. The Bertz CT molecular complexity index is 1850. The fourth-order valence-electron chi connectivity index (χ4n) is 3.87. The number of carbonyl (C=O) groups is 1. The zero-order chi connectivity index (χ0) is 26.3. The van der Waals surface area contributed by atoms with Gasteiger partial charge in [0.25, 0.3) is 5.69 Å². The molecule has 5 aromatic rings. The highest BCUT2D eigenvalue weighted by molar-refractivity contribution is 5.92. The van der Waals surface area contributed by atoms with E-state index in [-0.39, 0.29) is 39.5 Å². The highest BCUT2D eigenvalue weighted by atomic mass is 16.6. The van der Waals surface area contributed by atoms with Crippen molar-refractivity contribution in [1.29, 1.82) is 0 Å². The average molecular weight is 499 g/mol. The maximum atomic E-state index is 13.0. The summed E-state index contributed by atoms with van der Waals surface area (Å²) < 4.78 is 21.8. The summed E-state index contributed by atoms with van der Waals surface area (Å²) in [6.45, 7) is 3.31.